The largest absolute Gasteiger partial charge is 0.348 e. The fraction of sp³-hybridized carbons (Fsp3) is 0.250. The summed E-state index contributed by atoms with van der Waals surface area (Å²) in [6, 6.07) is 3.17. The molecule has 88 valence electrons. The average molecular weight is 232 g/mol. The van der Waals surface area contributed by atoms with Gasteiger partial charge < -0.3 is 5.32 Å². The molecule has 0 radical (unpaired) electrons. The number of rotatable bonds is 3. The van der Waals surface area contributed by atoms with Gasteiger partial charge in [0, 0.05) is 18.1 Å². The van der Waals surface area contributed by atoms with Gasteiger partial charge in [-0.1, -0.05) is 0 Å². The van der Waals surface area contributed by atoms with E-state index in [1.165, 1.54) is 12.3 Å². The summed E-state index contributed by atoms with van der Waals surface area (Å²) < 4.78 is 13.0. The quantitative estimate of drug-likeness (QED) is 0.883. The van der Waals surface area contributed by atoms with Crippen LogP contribution in [0.4, 0.5) is 10.3 Å². The molecule has 5 heteroatoms. The predicted octanol–water partition coefficient (Wildman–Crippen LogP) is 2.49. The van der Waals surface area contributed by atoms with E-state index in [0.717, 1.165) is 11.3 Å². The first-order chi connectivity index (χ1) is 8.15. The molecule has 0 saturated heterocycles. The molecule has 1 N–H and O–H groups in total. The van der Waals surface area contributed by atoms with E-state index in [2.05, 4.69) is 20.3 Å². The van der Waals surface area contributed by atoms with E-state index in [1.807, 2.05) is 19.9 Å². The minimum Gasteiger partial charge on any atom is -0.348 e. The molecule has 2 aromatic rings. The van der Waals surface area contributed by atoms with Crippen LogP contribution < -0.4 is 5.32 Å². The van der Waals surface area contributed by atoms with Crippen LogP contribution in [0.3, 0.4) is 0 Å². The Labute approximate surface area is 99.0 Å². The van der Waals surface area contributed by atoms with Gasteiger partial charge in [0.2, 0.25) is 5.95 Å². The van der Waals surface area contributed by atoms with Gasteiger partial charge in [0.25, 0.3) is 0 Å². The Morgan fingerprint density at radius 1 is 1.35 bits per heavy atom. The minimum atomic E-state index is -0.346. The molecular weight excluding hydrogens is 219 g/mol. The van der Waals surface area contributed by atoms with Crippen molar-refractivity contribution < 1.29 is 4.39 Å². The summed E-state index contributed by atoms with van der Waals surface area (Å²) >= 11 is 0. The Bertz CT molecular complexity index is 515. The van der Waals surface area contributed by atoms with Crippen LogP contribution in [0, 0.1) is 12.7 Å². The number of aryl methyl sites for hydroxylation is 1. The van der Waals surface area contributed by atoms with E-state index in [4.69, 9.17) is 0 Å². The lowest BCUT2D eigenvalue weighted by Gasteiger charge is -2.13. The fourth-order valence-corrected chi connectivity index (χ4v) is 1.46. The molecular formula is C12H13FN4. The predicted molar refractivity (Wildman–Crippen MR) is 63.0 cm³/mol. The number of hydrogen-bond donors (Lipinski definition) is 1. The number of nitrogens with one attached hydrogen (secondary N) is 1. The van der Waals surface area contributed by atoms with Gasteiger partial charge in [0.1, 0.15) is 5.82 Å². The highest BCUT2D eigenvalue weighted by molar-refractivity contribution is 5.30. The monoisotopic (exact) mass is 232 g/mol. The second-order valence-electron chi connectivity index (χ2n) is 3.82. The third kappa shape index (κ3) is 2.96. The normalized spacial score (nSPS) is 12.2. The molecule has 0 aliphatic rings. The van der Waals surface area contributed by atoms with Crippen molar-refractivity contribution in [2.75, 3.05) is 5.32 Å². The van der Waals surface area contributed by atoms with Crippen LogP contribution in [0.15, 0.2) is 30.7 Å². The standard InChI is InChI=1S/C12H13FN4/c1-8-3-4-15-12(16-8)17-9(2)10-5-11(13)7-14-6-10/h3-7,9H,1-2H3,(H,15,16,17)/t9-/m1/s1. The number of hydrogen-bond acceptors (Lipinski definition) is 4. The van der Waals surface area contributed by atoms with Crippen LogP contribution in [-0.2, 0) is 0 Å². The summed E-state index contributed by atoms with van der Waals surface area (Å²) in [7, 11) is 0. The summed E-state index contributed by atoms with van der Waals surface area (Å²) in [5, 5.41) is 3.10. The minimum absolute atomic E-state index is 0.0972. The number of pyridine rings is 1. The van der Waals surface area contributed by atoms with Crippen molar-refractivity contribution in [2.24, 2.45) is 0 Å². The smallest absolute Gasteiger partial charge is 0.223 e. The van der Waals surface area contributed by atoms with Gasteiger partial charge in [-0.3, -0.25) is 4.98 Å². The van der Waals surface area contributed by atoms with E-state index in [9.17, 15) is 4.39 Å². The zero-order valence-corrected chi connectivity index (χ0v) is 9.68. The van der Waals surface area contributed by atoms with Crippen molar-refractivity contribution in [2.45, 2.75) is 19.9 Å². The van der Waals surface area contributed by atoms with E-state index in [-0.39, 0.29) is 11.9 Å². The first-order valence-electron chi connectivity index (χ1n) is 5.32. The molecule has 0 aliphatic carbocycles. The molecule has 17 heavy (non-hydrogen) atoms. The SMILES string of the molecule is Cc1ccnc(N[C@H](C)c2cncc(F)c2)n1. The molecule has 4 nitrogen and oxygen atoms in total. The van der Waals surface area contributed by atoms with Crippen LogP contribution in [0.2, 0.25) is 0 Å². The molecule has 0 unspecified atom stereocenters. The Morgan fingerprint density at radius 2 is 2.18 bits per heavy atom. The van der Waals surface area contributed by atoms with E-state index >= 15 is 0 Å². The lowest BCUT2D eigenvalue weighted by atomic mass is 10.1. The van der Waals surface area contributed by atoms with Gasteiger partial charge in [-0.15, -0.1) is 0 Å². The van der Waals surface area contributed by atoms with E-state index in [1.54, 1.807) is 12.4 Å². The summed E-state index contributed by atoms with van der Waals surface area (Å²) in [6.07, 6.45) is 4.48. The zero-order chi connectivity index (χ0) is 12.3. The Kier molecular flexibility index (Phi) is 3.27. The molecule has 0 spiro atoms. The third-order valence-electron chi connectivity index (χ3n) is 2.37. The summed E-state index contributed by atoms with van der Waals surface area (Å²) in [6.45, 7) is 3.80. The van der Waals surface area contributed by atoms with Crippen molar-refractivity contribution in [1.82, 2.24) is 15.0 Å². The maximum Gasteiger partial charge on any atom is 0.223 e. The maximum absolute atomic E-state index is 13.0. The molecule has 0 saturated carbocycles. The maximum atomic E-state index is 13.0. The van der Waals surface area contributed by atoms with Crippen molar-refractivity contribution >= 4 is 5.95 Å². The second-order valence-corrected chi connectivity index (χ2v) is 3.82. The fourth-order valence-electron chi connectivity index (χ4n) is 1.46. The first-order valence-corrected chi connectivity index (χ1v) is 5.32. The van der Waals surface area contributed by atoms with Crippen molar-refractivity contribution in [1.29, 1.82) is 0 Å². The van der Waals surface area contributed by atoms with Crippen molar-refractivity contribution in [3.8, 4) is 0 Å². The third-order valence-corrected chi connectivity index (χ3v) is 2.37. The lowest BCUT2D eigenvalue weighted by Crippen LogP contribution is -2.10. The molecule has 0 fully saturated rings. The van der Waals surface area contributed by atoms with E-state index < -0.39 is 0 Å². The molecule has 2 heterocycles. The average Bonchev–Trinajstić information content (AvgIpc) is 2.29. The number of anilines is 1. The number of halogens is 1. The van der Waals surface area contributed by atoms with Gasteiger partial charge in [-0.05, 0) is 31.5 Å². The van der Waals surface area contributed by atoms with Crippen molar-refractivity contribution in [3.63, 3.8) is 0 Å². The van der Waals surface area contributed by atoms with Crippen LogP contribution in [0.5, 0.6) is 0 Å². The lowest BCUT2D eigenvalue weighted by molar-refractivity contribution is 0.616. The molecule has 0 aromatic carbocycles. The highest BCUT2D eigenvalue weighted by Gasteiger charge is 2.08. The molecule has 1 atom stereocenters. The summed E-state index contributed by atoms with van der Waals surface area (Å²) in [5.41, 5.74) is 1.64. The summed E-state index contributed by atoms with van der Waals surface area (Å²) in [4.78, 5) is 12.1. The van der Waals surface area contributed by atoms with Crippen LogP contribution in [0.1, 0.15) is 24.2 Å². The number of aromatic nitrogens is 3. The van der Waals surface area contributed by atoms with Gasteiger partial charge in [-0.25, -0.2) is 14.4 Å². The van der Waals surface area contributed by atoms with Crippen LogP contribution in [-0.4, -0.2) is 15.0 Å². The Morgan fingerprint density at radius 3 is 2.88 bits per heavy atom. The van der Waals surface area contributed by atoms with Crippen LogP contribution >= 0.6 is 0 Å². The van der Waals surface area contributed by atoms with Gasteiger partial charge in [-0.2, -0.15) is 0 Å². The van der Waals surface area contributed by atoms with Gasteiger partial charge in [0.15, 0.2) is 0 Å². The molecule has 0 bridgehead atoms. The highest BCUT2D eigenvalue weighted by atomic mass is 19.1. The Balaban J connectivity index is 2.14. The topological polar surface area (TPSA) is 50.7 Å². The van der Waals surface area contributed by atoms with Crippen molar-refractivity contribution in [3.05, 3.63) is 47.8 Å². The first kappa shape index (κ1) is 11.4. The van der Waals surface area contributed by atoms with Gasteiger partial charge >= 0.3 is 0 Å². The summed E-state index contributed by atoms with van der Waals surface area (Å²) in [5.74, 6) is 0.183. The van der Waals surface area contributed by atoms with Crippen LogP contribution in [0.25, 0.3) is 0 Å². The Hall–Kier alpha value is -2.04. The van der Waals surface area contributed by atoms with E-state index in [0.29, 0.717) is 5.95 Å². The number of nitrogens with zero attached hydrogens (tertiary/aromatic N) is 3. The van der Waals surface area contributed by atoms with Gasteiger partial charge in [0.05, 0.1) is 12.2 Å². The molecule has 2 rings (SSSR count). The zero-order valence-electron chi connectivity index (χ0n) is 9.68. The highest BCUT2D eigenvalue weighted by Crippen LogP contribution is 2.16. The molecule has 2 aromatic heterocycles. The molecule has 0 amide bonds. The second kappa shape index (κ2) is 4.86. The molecule has 0 aliphatic heterocycles.